The predicted octanol–water partition coefficient (Wildman–Crippen LogP) is 3.06. The van der Waals surface area contributed by atoms with Gasteiger partial charge < -0.3 is 19.8 Å². The molecule has 0 aliphatic carbocycles. The van der Waals surface area contributed by atoms with Crippen molar-refractivity contribution in [3.63, 3.8) is 0 Å². The third kappa shape index (κ3) is 3.79. The first-order chi connectivity index (χ1) is 14.2. The number of likely N-dealkylation sites (tertiary alicyclic amines) is 2. The van der Waals surface area contributed by atoms with Crippen LogP contribution in [0.5, 0.6) is 0 Å². The van der Waals surface area contributed by atoms with Gasteiger partial charge in [-0.05, 0) is 44.2 Å². The summed E-state index contributed by atoms with van der Waals surface area (Å²) in [5.74, 6) is 0.552. The van der Waals surface area contributed by atoms with Crippen molar-refractivity contribution >= 4 is 17.8 Å². The topological polar surface area (TPSA) is 77.0 Å². The van der Waals surface area contributed by atoms with E-state index in [9.17, 15) is 22.8 Å². The number of alkyl halides is 3. The summed E-state index contributed by atoms with van der Waals surface area (Å²) >= 11 is 0. The van der Waals surface area contributed by atoms with Gasteiger partial charge in [0.2, 0.25) is 5.91 Å². The third-order valence-corrected chi connectivity index (χ3v) is 6.70. The van der Waals surface area contributed by atoms with E-state index in [1.165, 1.54) is 11.0 Å². The molecule has 10 heteroatoms. The number of carbonyl (C=O) groups excluding carboxylic acids is 1. The van der Waals surface area contributed by atoms with Crippen LogP contribution in [0, 0.1) is 5.41 Å². The zero-order valence-corrected chi connectivity index (χ0v) is 16.6. The van der Waals surface area contributed by atoms with E-state index in [0.29, 0.717) is 57.8 Å². The fourth-order valence-electron chi connectivity index (χ4n) is 5.01. The summed E-state index contributed by atoms with van der Waals surface area (Å²) in [6.07, 6.45) is -0.987. The molecule has 3 aliphatic heterocycles. The zero-order valence-electron chi connectivity index (χ0n) is 16.6. The second kappa shape index (κ2) is 7.63. The van der Waals surface area contributed by atoms with Crippen LogP contribution in [0.25, 0.3) is 0 Å². The maximum Gasteiger partial charge on any atom is 0.417 e. The molecule has 3 aliphatic rings. The number of halogens is 3. The van der Waals surface area contributed by atoms with Gasteiger partial charge in [0.05, 0.1) is 11.0 Å². The van der Waals surface area contributed by atoms with Gasteiger partial charge in [0.25, 0.3) is 0 Å². The second-order valence-corrected chi connectivity index (χ2v) is 8.46. The number of amides is 2. The van der Waals surface area contributed by atoms with E-state index in [1.807, 2.05) is 9.80 Å². The molecule has 0 bridgehead atoms. The summed E-state index contributed by atoms with van der Waals surface area (Å²) in [7, 11) is 0. The molecule has 2 amide bonds. The largest absolute Gasteiger partial charge is 0.465 e. The molecule has 30 heavy (non-hydrogen) atoms. The van der Waals surface area contributed by atoms with Crippen LogP contribution in [0.1, 0.15) is 37.7 Å². The molecular formula is C20H25F3N4O3. The lowest BCUT2D eigenvalue weighted by Crippen LogP contribution is -2.51. The molecule has 1 atom stereocenters. The average Bonchev–Trinajstić information content (AvgIpc) is 3.03. The highest BCUT2D eigenvalue weighted by atomic mass is 19.4. The van der Waals surface area contributed by atoms with Crippen LogP contribution in [-0.2, 0) is 11.0 Å². The molecule has 1 unspecified atom stereocenters. The normalized spacial score (nSPS) is 26.0. The van der Waals surface area contributed by atoms with Gasteiger partial charge in [-0.25, -0.2) is 9.78 Å². The molecule has 4 heterocycles. The van der Waals surface area contributed by atoms with Gasteiger partial charge in [0.15, 0.2) is 0 Å². The molecule has 164 valence electrons. The summed E-state index contributed by atoms with van der Waals surface area (Å²) < 4.78 is 38.4. The van der Waals surface area contributed by atoms with Crippen LogP contribution < -0.4 is 4.90 Å². The first-order valence-corrected chi connectivity index (χ1v) is 10.3. The maximum atomic E-state index is 13.4. The number of hydrogen-bond donors (Lipinski definition) is 1. The third-order valence-electron chi connectivity index (χ3n) is 6.70. The monoisotopic (exact) mass is 426 g/mol. The predicted molar refractivity (Wildman–Crippen MR) is 102 cm³/mol. The van der Waals surface area contributed by atoms with Crippen molar-refractivity contribution in [2.45, 2.75) is 44.3 Å². The lowest BCUT2D eigenvalue weighted by molar-refractivity contribution is -0.139. The minimum atomic E-state index is -4.42. The van der Waals surface area contributed by atoms with Crippen LogP contribution in [0.3, 0.4) is 0 Å². The smallest absolute Gasteiger partial charge is 0.417 e. The number of anilines is 1. The quantitative estimate of drug-likeness (QED) is 0.787. The van der Waals surface area contributed by atoms with E-state index in [4.69, 9.17) is 5.11 Å². The summed E-state index contributed by atoms with van der Waals surface area (Å²) in [5, 5.41) is 9.11. The van der Waals surface area contributed by atoms with Crippen LogP contribution in [0.2, 0.25) is 0 Å². The van der Waals surface area contributed by atoms with Crippen LogP contribution in [0.15, 0.2) is 18.3 Å². The molecule has 1 aromatic heterocycles. The van der Waals surface area contributed by atoms with Gasteiger partial charge in [-0.2, -0.15) is 13.2 Å². The minimum absolute atomic E-state index is 0.0482. The standard InChI is InChI=1S/C20H25F3N4O3/c21-20(22,23)14-2-3-16(24-12-14)26-8-1-6-19(13-26)7-11-27(17(19)28)15-4-9-25(10-5-15)18(29)30/h2-3,12,15H,1,4-11,13H2,(H,29,30). The van der Waals surface area contributed by atoms with Gasteiger partial charge >= 0.3 is 12.3 Å². The number of rotatable bonds is 2. The highest BCUT2D eigenvalue weighted by molar-refractivity contribution is 5.86. The Balaban J connectivity index is 1.44. The average molecular weight is 426 g/mol. The molecular weight excluding hydrogens is 401 g/mol. The van der Waals surface area contributed by atoms with Crippen molar-refractivity contribution in [2.75, 3.05) is 37.6 Å². The van der Waals surface area contributed by atoms with Crippen molar-refractivity contribution < 1.29 is 27.9 Å². The number of pyridine rings is 1. The van der Waals surface area contributed by atoms with Crippen molar-refractivity contribution in [3.05, 3.63) is 23.9 Å². The Kier molecular flexibility index (Phi) is 5.27. The highest BCUT2D eigenvalue weighted by Crippen LogP contribution is 2.43. The summed E-state index contributed by atoms with van der Waals surface area (Å²) in [6, 6.07) is 2.45. The molecule has 7 nitrogen and oxygen atoms in total. The highest BCUT2D eigenvalue weighted by Gasteiger charge is 2.51. The first kappa shape index (κ1) is 20.7. The van der Waals surface area contributed by atoms with Crippen LogP contribution >= 0.6 is 0 Å². The second-order valence-electron chi connectivity index (χ2n) is 8.46. The van der Waals surface area contributed by atoms with Gasteiger partial charge in [-0.1, -0.05) is 0 Å². The van der Waals surface area contributed by atoms with Crippen LogP contribution in [0.4, 0.5) is 23.8 Å². The fourth-order valence-corrected chi connectivity index (χ4v) is 5.01. The van der Waals surface area contributed by atoms with Crippen molar-refractivity contribution in [3.8, 4) is 0 Å². The van der Waals surface area contributed by atoms with E-state index >= 15 is 0 Å². The summed E-state index contributed by atoms with van der Waals surface area (Å²) in [4.78, 5) is 33.7. The SMILES string of the molecule is O=C(O)N1CCC(N2CCC3(CCCN(c4ccc(C(F)(F)F)cn4)C3)C2=O)CC1. The van der Waals surface area contributed by atoms with E-state index in [2.05, 4.69) is 4.98 Å². The molecule has 3 saturated heterocycles. The molecule has 3 fully saturated rings. The van der Waals surface area contributed by atoms with E-state index < -0.39 is 23.2 Å². The molecule has 4 rings (SSSR count). The Morgan fingerprint density at radius 3 is 2.47 bits per heavy atom. The Hall–Kier alpha value is -2.52. The zero-order chi connectivity index (χ0) is 21.5. The van der Waals surface area contributed by atoms with Crippen molar-refractivity contribution in [1.82, 2.24) is 14.8 Å². The van der Waals surface area contributed by atoms with Crippen LogP contribution in [-0.4, -0.2) is 70.7 Å². The molecule has 1 aromatic rings. The van der Waals surface area contributed by atoms with Crippen molar-refractivity contribution in [1.29, 1.82) is 0 Å². The Labute approximate surface area is 172 Å². The Morgan fingerprint density at radius 1 is 1.13 bits per heavy atom. The lowest BCUT2D eigenvalue weighted by atomic mass is 9.78. The molecule has 0 radical (unpaired) electrons. The summed E-state index contributed by atoms with van der Waals surface area (Å²) in [6.45, 7) is 2.61. The molecule has 1 N–H and O–H groups in total. The van der Waals surface area contributed by atoms with Gasteiger partial charge in [0, 0.05) is 45.0 Å². The fraction of sp³-hybridized carbons (Fsp3) is 0.650. The van der Waals surface area contributed by atoms with Gasteiger partial charge in [-0.15, -0.1) is 0 Å². The van der Waals surface area contributed by atoms with Gasteiger partial charge in [0.1, 0.15) is 5.82 Å². The molecule has 1 spiro atoms. The minimum Gasteiger partial charge on any atom is -0.465 e. The first-order valence-electron chi connectivity index (χ1n) is 10.3. The van der Waals surface area contributed by atoms with E-state index in [0.717, 1.165) is 25.1 Å². The summed E-state index contributed by atoms with van der Waals surface area (Å²) in [5.41, 5.74) is -1.32. The van der Waals surface area contributed by atoms with E-state index in [-0.39, 0.29) is 11.9 Å². The van der Waals surface area contributed by atoms with E-state index in [1.54, 1.807) is 0 Å². The number of piperidine rings is 2. The van der Waals surface area contributed by atoms with Crippen molar-refractivity contribution in [2.24, 2.45) is 5.41 Å². The Morgan fingerprint density at radius 2 is 1.87 bits per heavy atom. The molecule has 0 aromatic carbocycles. The molecule has 0 saturated carbocycles. The number of aromatic nitrogens is 1. The number of carboxylic acid groups (broad SMARTS) is 1. The Bertz CT molecular complexity index is 809. The van der Waals surface area contributed by atoms with Gasteiger partial charge in [-0.3, -0.25) is 4.79 Å². The lowest BCUT2D eigenvalue weighted by Gasteiger charge is -2.41. The maximum absolute atomic E-state index is 13.4. The number of nitrogens with zero attached hydrogens (tertiary/aromatic N) is 4. The number of carbonyl (C=O) groups is 2. The number of hydrogen-bond acceptors (Lipinski definition) is 4.